The SMILES string of the molecule is CC(C)c1ccc(C2=C(c3ccc(S(C)(=O)=O)cc3)Oc3ccccc3C2)cc1. The van der Waals surface area contributed by atoms with Gasteiger partial charge in [0.15, 0.2) is 9.84 Å². The Hall–Kier alpha value is -2.85. The maximum atomic E-state index is 11.8. The minimum absolute atomic E-state index is 0.306. The molecule has 0 aromatic heterocycles. The van der Waals surface area contributed by atoms with Crippen LogP contribution < -0.4 is 4.74 Å². The highest BCUT2D eigenvalue weighted by Gasteiger charge is 2.22. The van der Waals surface area contributed by atoms with E-state index in [2.05, 4.69) is 44.2 Å². The monoisotopic (exact) mass is 404 g/mol. The van der Waals surface area contributed by atoms with Crippen molar-refractivity contribution in [2.45, 2.75) is 31.1 Å². The van der Waals surface area contributed by atoms with E-state index in [1.807, 2.05) is 30.3 Å². The molecule has 0 N–H and O–H groups in total. The number of ether oxygens (including phenoxy) is 1. The quantitative estimate of drug-likeness (QED) is 0.559. The van der Waals surface area contributed by atoms with Gasteiger partial charge in [-0.3, -0.25) is 0 Å². The Labute approximate surface area is 172 Å². The average molecular weight is 405 g/mol. The van der Waals surface area contributed by atoms with Crippen LogP contribution in [0, 0.1) is 0 Å². The topological polar surface area (TPSA) is 43.4 Å². The Morgan fingerprint density at radius 3 is 2.07 bits per heavy atom. The molecule has 0 atom stereocenters. The van der Waals surface area contributed by atoms with Crippen LogP contribution in [0.15, 0.2) is 77.7 Å². The summed E-state index contributed by atoms with van der Waals surface area (Å²) in [5, 5.41) is 0. The molecule has 0 spiro atoms. The molecule has 0 saturated carbocycles. The summed E-state index contributed by atoms with van der Waals surface area (Å²) in [6, 6.07) is 23.6. The molecule has 0 radical (unpaired) electrons. The average Bonchev–Trinajstić information content (AvgIpc) is 2.72. The van der Waals surface area contributed by atoms with Crippen LogP contribution >= 0.6 is 0 Å². The van der Waals surface area contributed by atoms with Crippen LogP contribution in [-0.2, 0) is 16.3 Å². The molecule has 4 heteroatoms. The number of allylic oxidation sites excluding steroid dienone is 1. The summed E-state index contributed by atoms with van der Waals surface area (Å²) in [5.41, 5.74) is 5.53. The highest BCUT2D eigenvalue weighted by molar-refractivity contribution is 7.90. The molecule has 3 aromatic carbocycles. The molecule has 0 bridgehead atoms. The lowest BCUT2D eigenvalue weighted by molar-refractivity contribution is 0.502. The molecule has 148 valence electrons. The molecule has 3 nitrogen and oxygen atoms in total. The number of hydrogen-bond acceptors (Lipinski definition) is 3. The van der Waals surface area contributed by atoms with Crippen LogP contribution in [0.1, 0.15) is 42.0 Å². The maximum Gasteiger partial charge on any atom is 0.175 e. The number of rotatable bonds is 4. The molecule has 0 amide bonds. The normalized spacial score (nSPS) is 13.9. The van der Waals surface area contributed by atoms with E-state index in [4.69, 9.17) is 4.74 Å². The first-order valence-corrected chi connectivity index (χ1v) is 11.6. The molecule has 1 aliphatic heterocycles. The first-order chi connectivity index (χ1) is 13.8. The van der Waals surface area contributed by atoms with Crippen LogP contribution in [0.2, 0.25) is 0 Å². The Balaban J connectivity index is 1.82. The van der Waals surface area contributed by atoms with Gasteiger partial charge in [0.25, 0.3) is 0 Å². The summed E-state index contributed by atoms with van der Waals surface area (Å²) in [6.07, 6.45) is 1.98. The van der Waals surface area contributed by atoms with Crippen LogP contribution in [0.5, 0.6) is 5.75 Å². The Morgan fingerprint density at radius 2 is 1.45 bits per heavy atom. The van der Waals surface area contributed by atoms with Crippen molar-refractivity contribution in [2.24, 2.45) is 0 Å². The summed E-state index contributed by atoms with van der Waals surface area (Å²) in [5.74, 6) is 2.10. The van der Waals surface area contributed by atoms with E-state index in [0.29, 0.717) is 10.8 Å². The molecule has 0 aliphatic carbocycles. The predicted molar refractivity (Wildman–Crippen MR) is 118 cm³/mol. The maximum absolute atomic E-state index is 11.8. The summed E-state index contributed by atoms with van der Waals surface area (Å²) in [6.45, 7) is 4.37. The molecular formula is C25H24O3S. The van der Waals surface area contributed by atoms with E-state index < -0.39 is 9.84 Å². The van der Waals surface area contributed by atoms with Gasteiger partial charge in [0, 0.05) is 23.8 Å². The van der Waals surface area contributed by atoms with Crippen LogP contribution in [-0.4, -0.2) is 14.7 Å². The fourth-order valence-corrected chi connectivity index (χ4v) is 4.21. The molecular weight excluding hydrogens is 380 g/mol. The predicted octanol–water partition coefficient (Wildman–Crippen LogP) is 5.72. The Bertz CT molecular complexity index is 1170. The molecule has 0 saturated heterocycles. The molecule has 1 heterocycles. The van der Waals surface area contributed by atoms with Gasteiger partial charge in [-0.05, 0) is 52.9 Å². The fraction of sp³-hybridized carbons (Fsp3) is 0.200. The number of sulfone groups is 1. The molecule has 4 rings (SSSR count). The van der Waals surface area contributed by atoms with Crippen molar-refractivity contribution in [3.8, 4) is 5.75 Å². The second-order valence-electron chi connectivity index (χ2n) is 7.77. The second kappa shape index (κ2) is 7.53. The third kappa shape index (κ3) is 3.99. The largest absolute Gasteiger partial charge is 0.456 e. The van der Waals surface area contributed by atoms with E-state index in [0.717, 1.165) is 40.2 Å². The van der Waals surface area contributed by atoms with Crippen LogP contribution in [0.4, 0.5) is 0 Å². The fourth-order valence-electron chi connectivity index (χ4n) is 3.58. The lowest BCUT2D eigenvalue weighted by atomic mass is 9.91. The van der Waals surface area contributed by atoms with Crippen LogP contribution in [0.25, 0.3) is 11.3 Å². The highest BCUT2D eigenvalue weighted by Crippen LogP contribution is 2.39. The molecule has 29 heavy (non-hydrogen) atoms. The van der Waals surface area contributed by atoms with Gasteiger partial charge >= 0.3 is 0 Å². The zero-order chi connectivity index (χ0) is 20.6. The first-order valence-electron chi connectivity index (χ1n) is 9.72. The zero-order valence-electron chi connectivity index (χ0n) is 16.8. The number of fused-ring (bicyclic) bond motifs is 1. The van der Waals surface area contributed by atoms with Gasteiger partial charge < -0.3 is 4.74 Å². The lowest BCUT2D eigenvalue weighted by Crippen LogP contribution is -2.09. The summed E-state index contributed by atoms with van der Waals surface area (Å²) < 4.78 is 29.9. The summed E-state index contributed by atoms with van der Waals surface area (Å²) >= 11 is 0. The van der Waals surface area contributed by atoms with E-state index >= 15 is 0 Å². The van der Waals surface area contributed by atoms with Crippen molar-refractivity contribution < 1.29 is 13.2 Å². The third-order valence-corrected chi connectivity index (χ3v) is 6.42. The minimum atomic E-state index is -3.23. The van der Waals surface area contributed by atoms with Gasteiger partial charge in [-0.2, -0.15) is 0 Å². The van der Waals surface area contributed by atoms with Gasteiger partial charge in [0.05, 0.1) is 4.90 Å². The van der Waals surface area contributed by atoms with E-state index in [1.165, 1.54) is 11.8 Å². The van der Waals surface area contributed by atoms with Gasteiger partial charge in [0.1, 0.15) is 11.5 Å². The van der Waals surface area contributed by atoms with E-state index in [-0.39, 0.29) is 0 Å². The number of hydrogen-bond donors (Lipinski definition) is 0. The van der Waals surface area contributed by atoms with Gasteiger partial charge in [-0.15, -0.1) is 0 Å². The summed E-state index contributed by atoms with van der Waals surface area (Å²) in [7, 11) is -3.23. The Morgan fingerprint density at radius 1 is 0.828 bits per heavy atom. The van der Waals surface area contributed by atoms with Crippen molar-refractivity contribution >= 4 is 21.2 Å². The lowest BCUT2D eigenvalue weighted by Gasteiger charge is -2.24. The van der Waals surface area contributed by atoms with Crippen LogP contribution in [0.3, 0.4) is 0 Å². The highest BCUT2D eigenvalue weighted by atomic mass is 32.2. The molecule has 0 unspecified atom stereocenters. The standard InChI is InChI=1S/C25H24O3S/c1-17(2)18-8-10-19(11-9-18)23-16-21-6-4-5-7-24(21)28-25(23)20-12-14-22(15-13-20)29(3,26)27/h4-15,17H,16H2,1-3H3. The minimum Gasteiger partial charge on any atom is -0.456 e. The van der Waals surface area contributed by atoms with E-state index in [1.54, 1.807) is 12.1 Å². The van der Waals surface area contributed by atoms with Crippen molar-refractivity contribution in [2.75, 3.05) is 6.26 Å². The Kier molecular flexibility index (Phi) is 5.05. The first kappa shape index (κ1) is 19.5. The second-order valence-corrected chi connectivity index (χ2v) is 9.78. The molecule has 3 aromatic rings. The van der Waals surface area contributed by atoms with Crippen molar-refractivity contribution in [1.82, 2.24) is 0 Å². The van der Waals surface area contributed by atoms with Crippen molar-refractivity contribution in [3.63, 3.8) is 0 Å². The molecule has 0 fully saturated rings. The van der Waals surface area contributed by atoms with Gasteiger partial charge in [-0.1, -0.05) is 56.3 Å². The van der Waals surface area contributed by atoms with Gasteiger partial charge in [0.2, 0.25) is 0 Å². The van der Waals surface area contributed by atoms with E-state index in [9.17, 15) is 8.42 Å². The number of para-hydroxylation sites is 1. The van der Waals surface area contributed by atoms with Crippen molar-refractivity contribution in [1.29, 1.82) is 0 Å². The third-order valence-electron chi connectivity index (χ3n) is 5.30. The van der Waals surface area contributed by atoms with Gasteiger partial charge in [-0.25, -0.2) is 8.42 Å². The number of benzene rings is 3. The van der Waals surface area contributed by atoms with Crippen molar-refractivity contribution in [3.05, 3.63) is 95.1 Å². The molecule has 1 aliphatic rings. The summed E-state index contributed by atoms with van der Waals surface area (Å²) in [4.78, 5) is 0.306. The smallest absolute Gasteiger partial charge is 0.175 e. The zero-order valence-corrected chi connectivity index (χ0v) is 17.7.